The van der Waals surface area contributed by atoms with Gasteiger partial charge >= 0.3 is 0 Å². The molecule has 0 saturated heterocycles. The summed E-state index contributed by atoms with van der Waals surface area (Å²) in [4.78, 5) is 0. The molecular formula is C26H40BrClN2. The van der Waals surface area contributed by atoms with Crippen molar-refractivity contribution in [2.75, 3.05) is 40.3 Å². The summed E-state index contributed by atoms with van der Waals surface area (Å²) < 4.78 is 2.07. The Morgan fingerprint density at radius 3 is 1.47 bits per heavy atom. The Labute approximate surface area is 202 Å². The fourth-order valence-corrected chi connectivity index (χ4v) is 3.51. The van der Waals surface area contributed by atoms with Gasteiger partial charge in [0.15, 0.2) is 0 Å². The molecule has 0 aliphatic carbocycles. The summed E-state index contributed by atoms with van der Waals surface area (Å²) in [6.45, 7) is 18.7. The van der Waals surface area contributed by atoms with Gasteiger partial charge in [-0.3, -0.25) is 0 Å². The number of benzene rings is 2. The van der Waals surface area contributed by atoms with Gasteiger partial charge in [-0.25, -0.2) is 0 Å². The highest BCUT2D eigenvalue weighted by Crippen LogP contribution is 2.14. The van der Waals surface area contributed by atoms with Crippen molar-refractivity contribution in [2.24, 2.45) is 0 Å². The van der Waals surface area contributed by atoms with Crippen molar-refractivity contribution in [1.29, 1.82) is 0 Å². The van der Waals surface area contributed by atoms with Crippen LogP contribution in [0.3, 0.4) is 0 Å². The molecule has 0 radical (unpaired) electrons. The second kappa shape index (κ2) is 16.3. The smallest absolute Gasteiger partial charge is 0.105 e. The Hall–Kier alpha value is -1.39. The summed E-state index contributed by atoms with van der Waals surface area (Å²) in [7, 11) is 4.43. The molecule has 2 aromatic rings. The largest absolute Gasteiger partial charge is 1.00 e. The van der Waals surface area contributed by atoms with E-state index in [1.807, 2.05) is 12.2 Å². The second-order valence-corrected chi connectivity index (χ2v) is 8.14. The van der Waals surface area contributed by atoms with Crippen LogP contribution in [0.15, 0.2) is 86.0 Å². The molecule has 0 aromatic heterocycles. The van der Waals surface area contributed by atoms with Crippen molar-refractivity contribution < 1.29 is 38.4 Å². The van der Waals surface area contributed by atoms with Gasteiger partial charge in [0.2, 0.25) is 0 Å². The van der Waals surface area contributed by atoms with E-state index >= 15 is 0 Å². The molecule has 0 aliphatic heterocycles. The minimum Gasteiger partial charge on any atom is -1.00 e. The van der Waals surface area contributed by atoms with Crippen LogP contribution in [0.2, 0.25) is 0 Å². The summed E-state index contributed by atoms with van der Waals surface area (Å²) in [6.07, 6.45) is 4.01. The van der Waals surface area contributed by atoms with Gasteiger partial charge in [-0.1, -0.05) is 73.8 Å². The SMILES string of the molecule is C=CC[N+](C)(C)Cc1ccccc1.C=CC[N+](CC)(CC)Cc1ccccc1.[Br-].[Cl-]. The normalized spacial score (nSPS) is 10.5. The first kappa shape index (κ1) is 30.8. The van der Waals surface area contributed by atoms with Crippen molar-refractivity contribution >= 4 is 0 Å². The first-order valence-corrected chi connectivity index (χ1v) is 10.4. The monoisotopic (exact) mass is 494 g/mol. The van der Waals surface area contributed by atoms with Crippen LogP contribution in [0.4, 0.5) is 0 Å². The van der Waals surface area contributed by atoms with Crippen LogP contribution < -0.4 is 29.4 Å². The lowest BCUT2D eigenvalue weighted by Gasteiger charge is -2.36. The Kier molecular flexibility index (Phi) is 16.8. The predicted molar refractivity (Wildman–Crippen MR) is 124 cm³/mol. The number of quaternary nitrogens is 2. The van der Waals surface area contributed by atoms with E-state index in [-0.39, 0.29) is 29.4 Å². The van der Waals surface area contributed by atoms with Gasteiger partial charge in [-0.2, -0.15) is 0 Å². The van der Waals surface area contributed by atoms with Crippen LogP contribution in [0.25, 0.3) is 0 Å². The summed E-state index contributed by atoms with van der Waals surface area (Å²) >= 11 is 0. The minimum absolute atomic E-state index is 0. The zero-order valence-electron chi connectivity index (χ0n) is 19.2. The molecule has 30 heavy (non-hydrogen) atoms. The van der Waals surface area contributed by atoms with E-state index in [4.69, 9.17) is 0 Å². The van der Waals surface area contributed by atoms with Crippen molar-refractivity contribution in [2.45, 2.75) is 26.9 Å². The molecule has 0 spiro atoms. The minimum atomic E-state index is 0. The van der Waals surface area contributed by atoms with Gasteiger partial charge in [0.1, 0.15) is 13.1 Å². The molecule has 0 aliphatic rings. The van der Waals surface area contributed by atoms with Gasteiger partial charge in [0.05, 0.1) is 40.3 Å². The Morgan fingerprint density at radius 1 is 0.700 bits per heavy atom. The summed E-state index contributed by atoms with van der Waals surface area (Å²) in [6, 6.07) is 21.3. The van der Waals surface area contributed by atoms with Crippen LogP contribution in [0.5, 0.6) is 0 Å². The molecular weight excluding hydrogens is 456 g/mol. The van der Waals surface area contributed by atoms with Crippen LogP contribution in [0, 0.1) is 0 Å². The number of likely N-dealkylation sites (N-methyl/N-ethyl adjacent to an activating group) is 2. The van der Waals surface area contributed by atoms with E-state index in [0.29, 0.717) is 0 Å². The molecule has 0 atom stereocenters. The number of nitrogens with zero attached hydrogens (tertiary/aromatic N) is 2. The summed E-state index contributed by atoms with van der Waals surface area (Å²) in [5.41, 5.74) is 2.80. The molecule has 2 rings (SSSR count). The van der Waals surface area contributed by atoms with Crippen LogP contribution in [-0.2, 0) is 13.1 Å². The van der Waals surface area contributed by atoms with Crippen LogP contribution in [-0.4, -0.2) is 49.2 Å². The van der Waals surface area contributed by atoms with E-state index in [9.17, 15) is 0 Å². The standard InChI is InChI=1S/C14H22N.C12H18N.BrH.ClH/c1-4-12-15(5-2,6-3)13-14-10-8-7-9-11-14;1-4-10-13(2,3)11-12-8-6-5-7-9-12;;/h4,7-11H,1,5-6,12-13H2,2-3H3;4-9H,1,10-11H2,2-3H3;2*1H/q2*+1;;/p-2. The molecule has 0 fully saturated rings. The van der Waals surface area contributed by atoms with E-state index in [1.165, 1.54) is 11.1 Å². The Bertz CT molecular complexity index is 683. The average molecular weight is 496 g/mol. The third-order valence-electron chi connectivity index (χ3n) is 5.30. The molecule has 4 heteroatoms. The third-order valence-corrected chi connectivity index (χ3v) is 5.30. The summed E-state index contributed by atoms with van der Waals surface area (Å²) in [5.74, 6) is 0. The zero-order valence-corrected chi connectivity index (χ0v) is 21.6. The fourth-order valence-electron chi connectivity index (χ4n) is 3.51. The van der Waals surface area contributed by atoms with Gasteiger partial charge in [0, 0.05) is 11.1 Å². The van der Waals surface area contributed by atoms with Gasteiger partial charge in [-0.05, 0) is 26.0 Å². The second-order valence-electron chi connectivity index (χ2n) is 8.14. The highest BCUT2D eigenvalue weighted by Gasteiger charge is 2.21. The quantitative estimate of drug-likeness (QED) is 0.313. The van der Waals surface area contributed by atoms with E-state index in [1.54, 1.807) is 0 Å². The maximum atomic E-state index is 3.87. The van der Waals surface area contributed by atoms with Crippen molar-refractivity contribution in [1.82, 2.24) is 0 Å². The summed E-state index contributed by atoms with van der Waals surface area (Å²) in [5, 5.41) is 0. The molecule has 0 bridgehead atoms. The lowest BCUT2D eigenvalue weighted by Crippen LogP contribution is -3.00. The maximum absolute atomic E-state index is 3.87. The number of hydrogen-bond donors (Lipinski definition) is 0. The van der Waals surface area contributed by atoms with Crippen LogP contribution >= 0.6 is 0 Å². The number of rotatable bonds is 10. The van der Waals surface area contributed by atoms with E-state index in [0.717, 1.165) is 48.2 Å². The molecule has 0 amide bonds. The molecule has 168 valence electrons. The van der Waals surface area contributed by atoms with E-state index in [2.05, 4.69) is 102 Å². The van der Waals surface area contributed by atoms with Crippen molar-refractivity contribution in [3.8, 4) is 0 Å². The topological polar surface area (TPSA) is 0 Å². The maximum Gasteiger partial charge on any atom is 0.105 e. The highest BCUT2D eigenvalue weighted by molar-refractivity contribution is 5.14. The number of hydrogen-bond acceptors (Lipinski definition) is 0. The van der Waals surface area contributed by atoms with Crippen molar-refractivity contribution in [3.05, 3.63) is 97.1 Å². The molecule has 0 unspecified atom stereocenters. The molecule has 0 heterocycles. The Balaban J connectivity index is 0. The third kappa shape index (κ3) is 11.7. The zero-order chi connectivity index (χ0) is 20.9. The molecule has 0 N–H and O–H groups in total. The molecule has 0 saturated carbocycles. The Morgan fingerprint density at radius 2 is 1.10 bits per heavy atom. The first-order chi connectivity index (χ1) is 13.4. The van der Waals surface area contributed by atoms with Crippen LogP contribution in [0.1, 0.15) is 25.0 Å². The first-order valence-electron chi connectivity index (χ1n) is 10.4. The highest BCUT2D eigenvalue weighted by atomic mass is 79.9. The average Bonchev–Trinajstić information content (AvgIpc) is 2.69. The van der Waals surface area contributed by atoms with E-state index < -0.39 is 0 Å². The lowest BCUT2D eigenvalue weighted by molar-refractivity contribution is -0.932. The van der Waals surface area contributed by atoms with Gasteiger partial charge in [-0.15, -0.1) is 0 Å². The molecule has 2 aromatic carbocycles. The van der Waals surface area contributed by atoms with Gasteiger partial charge < -0.3 is 38.4 Å². The molecule has 2 nitrogen and oxygen atoms in total. The number of halogens is 2. The predicted octanol–water partition coefficient (Wildman–Crippen LogP) is -0.314. The fraction of sp³-hybridized carbons (Fsp3) is 0.385. The van der Waals surface area contributed by atoms with Crippen molar-refractivity contribution in [3.63, 3.8) is 0 Å². The lowest BCUT2D eigenvalue weighted by atomic mass is 10.1. The van der Waals surface area contributed by atoms with Gasteiger partial charge in [0.25, 0.3) is 0 Å².